The second kappa shape index (κ2) is 10.7. The Balaban J connectivity index is 1.31. The highest BCUT2D eigenvalue weighted by Crippen LogP contribution is 2.56. The molecule has 210 valence electrons. The summed E-state index contributed by atoms with van der Waals surface area (Å²) in [7, 11) is 0. The average molecular weight is 544 g/mol. The van der Waals surface area contributed by atoms with E-state index < -0.39 is 29.6 Å². The Labute approximate surface area is 235 Å². The number of carbonyl (C=O) groups is 3. The lowest BCUT2D eigenvalue weighted by molar-refractivity contribution is -0.143. The molecule has 2 aromatic carbocycles. The number of amides is 3. The highest BCUT2D eigenvalue weighted by molar-refractivity contribution is 6.03. The molecule has 1 saturated carbocycles. The molecule has 0 unspecified atom stereocenters. The van der Waals surface area contributed by atoms with Gasteiger partial charge in [0.2, 0.25) is 17.7 Å². The number of fused-ring (bicyclic) bond motifs is 1. The molecule has 2 N–H and O–H groups in total. The quantitative estimate of drug-likeness (QED) is 0.482. The number of anilines is 1. The fourth-order valence-electron chi connectivity index (χ4n) is 7.07. The summed E-state index contributed by atoms with van der Waals surface area (Å²) in [5.41, 5.74) is 0.349. The number of likely N-dealkylation sites (tertiary alicyclic amines) is 1. The number of benzene rings is 2. The minimum Gasteiger partial charge on any atom is -0.494 e. The lowest BCUT2D eigenvalue weighted by atomic mass is 9.74. The zero-order valence-corrected chi connectivity index (χ0v) is 23.0. The van der Waals surface area contributed by atoms with Gasteiger partial charge in [0.25, 0.3) is 0 Å². The first-order chi connectivity index (χ1) is 19.4. The molecule has 6 rings (SSSR count). The lowest BCUT2D eigenvalue weighted by Crippen LogP contribution is -2.56. The van der Waals surface area contributed by atoms with E-state index in [1.165, 1.54) is 6.42 Å². The van der Waals surface area contributed by atoms with Crippen LogP contribution in [0.5, 0.6) is 5.75 Å². The first-order valence-electron chi connectivity index (χ1n) is 14.5. The van der Waals surface area contributed by atoms with Crippen LogP contribution in [0.1, 0.15) is 57.6 Å². The Kier molecular flexibility index (Phi) is 7.13. The molecular weight excluding hydrogens is 506 g/mol. The van der Waals surface area contributed by atoms with Gasteiger partial charge in [-0.2, -0.15) is 0 Å². The molecule has 0 radical (unpaired) electrons. The second-order valence-electron chi connectivity index (χ2n) is 11.3. The van der Waals surface area contributed by atoms with E-state index in [1.54, 1.807) is 29.2 Å². The van der Waals surface area contributed by atoms with Crippen LogP contribution in [0.4, 0.5) is 5.69 Å². The van der Waals surface area contributed by atoms with Crippen LogP contribution in [0, 0.1) is 11.8 Å². The van der Waals surface area contributed by atoms with Gasteiger partial charge in [-0.3, -0.25) is 14.4 Å². The van der Waals surface area contributed by atoms with Crippen LogP contribution in [-0.4, -0.2) is 53.0 Å². The van der Waals surface area contributed by atoms with E-state index in [-0.39, 0.29) is 29.8 Å². The molecule has 1 aliphatic carbocycles. The topological polar surface area (TPSA) is 97.0 Å². The number of nitrogens with zero attached hydrogens (tertiary/aromatic N) is 1. The molecule has 2 aromatic rings. The Bertz CT molecular complexity index is 1290. The van der Waals surface area contributed by atoms with Gasteiger partial charge in [-0.05, 0) is 56.5 Å². The Morgan fingerprint density at radius 1 is 1.05 bits per heavy atom. The summed E-state index contributed by atoms with van der Waals surface area (Å²) in [6.07, 6.45) is 8.35. The smallest absolute Gasteiger partial charge is 0.246 e. The van der Waals surface area contributed by atoms with E-state index in [0.717, 1.165) is 31.2 Å². The summed E-state index contributed by atoms with van der Waals surface area (Å²) in [6, 6.07) is 15.7. The van der Waals surface area contributed by atoms with Crippen molar-refractivity contribution in [3.05, 3.63) is 72.3 Å². The maximum Gasteiger partial charge on any atom is 0.246 e. The van der Waals surface area contributed by atoms with Crippen LogP contribution in [-0.2, 0) is 19.1 Å². The average Bonchev–Trinajstić information content (AvgIpc) is 3.62. The summed E-state index contributed by atoms with van der Waals surface area (Å²) >= 11 is 0. The summed E-state index contributed by atoms with van der Waals surface area (Å²) in [6.45, 7) is 4.41. The number of hydrogen-bond donors (Lipinski definition) is 2. The molecule has 1 spiro atoms. The number of rotatable bonds is 8. The van der Waals surface area contributed by atoms with Crippen LogP contribution in [0.3, 0.4) is 0 Å². The number of nitrogens with one attached hydrogen (secondary N) is 2. The van der Waals surface area contributed by atoms with Crippen molar-refractivity contribution in [2.24, 2.45) is 11.8 Å². The SMILES string of the molecule is CCOc1ccc(NC(=O)[C@@H]2[C@@H]3C=C[C@]4(O3)[C@@H]2C(=O)N([C@@H](C)c2ccccc2)[C@@H]4C(=O)NC2CCCCC2)cc1. The van der Waals surface area contributed by atoms with E-state index >= 15 is 0 Å². The standard InChI is InChI=1S/C32H37N3O5/c1-3-39-24-16-14-23(15-17-24)33-29(36)26-25-18-19-32(40-25)27(26)31(38)35(20(2)21-10-6-4-7-11-21)28(32)30(37)34-22-12-8-5-9-13-22/h4,6-7,10-11,14-20,22,25-28H,3,5,8-9,12-13H2,1-2H3,(H,33,36)(H,34,37)/t20-,25-,26+,27-,28+,32-/m0/s1. The van der Waals surface area contributed by atoms with E-state index in [2.05, 4.69) is 10.6 Å². The normalized spacial score (nSPS) is 29.8. The van der Waals surface area contributed by atoms with Gasteiger partial charge in [0.05, 0.1) is 30.6 Å². The third-order valence-corrected chi connectivity index (χ3v) is 8.95. The van der Waals surface area contributed by atoms with Crippen LogP contribution in [0.15, 0.2) is 66.7 Å². The molecule has 8 heteroatoms. The predicted octanol–water partition coefficient (Wildman–Crippen LogP) is 4.38. The van der Waals surface area contributed by atoms with Crippen molar-refractivity contribution in [2.45, 2.75) is 75.8 Å². The van der Waals surface area contributed by atoms with Crippen molar-refractivity contribution in [2.75, 3.05) is 11.9 Å². The highest BCUT2D eigenvalue weighted by atomic mass is 16.5. The first kappa shape index (κ1) is 26.6. The molecule has 3 aliphatic heterocycles. The van der Waals surface area contributed by atoms with Crippen molar-refractivity contribution in [1.29, 1.82) is 0 Å². The predicted molar refractivity (Wildman–Crippen MR) is 150 cm³/mol. The first-order valence-corrected chi connectivity index (χ1v) is 14.5. The van der Waals surface area contributed by atoms with Crippen molar-refractivity contribution in [3.63, 3.8) is 0 Å². The van der Waals surface area contributed by atoms with Crippen LogP contribution < -0.4 is 15.4 Å². The summed E-state index contributed by atoms with van der Waals surface area (Å²) in [5, 5.41) is 6.22. The molecule has 40 heavy (non-hydrogen) atoms. The summed E-state index contributed by atoms with van der Waals surface area (Å²) < 4.78 is 12.0. The third kappa shape index (κ3) is 4.48. The second-order valence-corrected chi connectivity index (χ2v) is 11.3. The molecule has 4 aliphatic rings. The molecule has 3 heterocycles. The molecule has 8 nitrogen and oxygen atoms in total. The minimum atomic E-state index is -1.19. The molecule has 3 fully saturated rings. The van der Waals surface area contributed by atoms with Gasteiger partial charge in [-0.15, -0.1) is 0 Å². The van der Waals surface area contributed by atoms with E-state index in [4.69, 9.17) is 9.47 Å². The van der Waals surface area contributed by atoms with Gasteiger partial charge in [-0.25, -0.2) is 0 Å². The number of carbonyl (C=O) groups excluding carboxylic acids is 3. The fraction of sp³-hybridized carbons (Fsp3) is 0.469. The van der Waals surface area contributed by atoms with Crippen molar-refractivity contribution in [3.8, 4) is 5.75 Å². The van der Waals surface area contributed by atoms with E-state index in [0.29, 0.717) is 18.0 Å². The molecule has 2 bridgehead atoms. The molecular formula is C32H37N3O5. The van der Waals surface area contributed by atoms with Crippen molar-refractivity contribution in [1.82, 2.24) is 10.2 Å². The molecule has 3 amide bonds. The summed E-state index contributed by atoms with van der Waals surface area (Å²) in [5.74, 6) is -1.55. The zero-order chi connectivity index (χ0) is 27.9. The molecule has 6 atom stereocenters. The monoisotopic (exact) mass is 543 g/mol. The van der Waals surface area contributed by atoms with E-state index in [1.807, 2.05) is 56.3 Å². The largest absolute Gasteiger partial charge is 0.494 e. The van der Waals surface area contributed by atoms with Crippen molar-refractivity contribution < 1.29 is 23.9 Å². The maximum atomic E-state index is 14.3. The maximum absolute atomic E-state index is 14.3. The lowest BCUT2D eigenvalue weighted by Gasteiger charge is -2.37. The summed E-state index contributed by atoms with van der Waals surface area (Å²) in [4.78, 5) is 43.7. The van der Waals surface area contributed by atoms with Gasteiger partial charge in [0.15, 0.2) is 0 Å². The third-order valence-electron chi connectivity index (χ3n) is 8.95. The minimum absolute atomic E-state index is 0.0852. The Hall–Kier alpha value is -3.65. The van der Waals surface area contributed by atoms with Crippen LogP contribution in [0.2, 0.25) is 0 Å². The van der Waals surface area contributed by atoms with Gasteiger partial charge in [0, 0.05) is 11.7 Å². The zero-order valence-electron chi connectivity index (χ0n) is 23.0. The van der Waals surface area contributed by atoms with Gasteiger partial charge < -0.3 is 25.0 Å². The Morgan fingerprint density at radius 2 is 1.77 bits per heavy atom. The van der Waals surface area contributed by atoms with Crippen LogP contribution >= 0.6 is 0 Å². The van der Waals surface area contributed by atoms with Gasteiger partial charge >= 0.3 is 0 Å². The van der Waals surface area contributed by atoms with Gasteiger partial charge in [-0.1, -0.05) is 61.7 Å². The fourth-order valence-corrected chi connectivity index (χ4v) is 7.07. The van der Waals surface area contributed by atoms with E-state index in [9.17, 15) is 14.4 Å². The number of hydrogen-bond acceptors (Lipinski definition) is 5. The van der Waals surface area contributed by atoms with Gasteiger partial charge in [0.1, 0.15) is 17.4 Å². The van der Waals surface area contributed by atoms with Crippen LogP contribution in [0.25, 0.3) is 0 Å². The van der Waals surface area contributed by atoms with Crippen molar-refractivity contribution >= 4 is 23.4 Å². The number of ether oxygens (including phenoxy) is 2. The Morgan fingerprint density at radius 3 is 2.48 bits per heavy atom. The highest BCUT2D eigenvalue weighted by Gasteiger charge is 2.73. The molecule has 2 saturated heterocycles. The molecule has 0 aromatic heterocycles.